The SMILES string of the molecule is CC(C)CN(Cc1cc(C(C)(C)CC(C)(C)C)cc(Cl)c1O)CC(C)C. The number of aromatic hydroxyl groups is 1. The van der Waals surface area contributed by atoms with Crippen LogP contribution in [0.3, 0.4) is 0 Å². The first kappa shape index (κ1) is 23.3. The van der Waals surface area contributed by atoms with Gasteiger partial charge in [0.25, 0.3) is 0 Å². The van der Waals surface area contributed by atoms with E-state index in [-0.39, 0.29) is 16.6 Å². The van der Waals surface area contributed by atoms with Crippen molar-refractivity contribution in [1.82, 2.24) is 4.90 Å². The topological polar surface area (TPSA) is 23.5 Å². The van der Waals surface area contributed by atoms with Crippen molar-refractivity contribution in [3.8, 4) is 5.75 Å². The number of nitrogens with zero attached hydrogens (tertiary/aromatic N) is 1. The van der Waals surface area contributed by atoms with Crippen LogP contribution in [-0.2, 0) is 12.0 Å². The minimum Gasteiger partial charge on any atom is -0.506 e. The summed E-state index contributed by atoms with van der Waals surface area (Å²) in [5, 5.41) is 11.0. The number of hydrogen-bond acceptors (Lipinski definition) is 2. The molecule has 0 saturated heterocycles. The molecule has 0 unspecified atom stereocenters. The van der Waals surface area contributed by atoms with Crippen LogP contribution >= 0.6 is 11.6 Å². The normalized spacial score (nSPS) is 13.3. The second-order valence-electron chi connectivity index (χ2n) is 10.6. The largest absolute Gasteiger partial charge is 0.506 e. The maximum atomic E-state index is 10.6. The molecule has 0 fully saturated rings. The first-order valence-corrected chi connectivity index (χ1v) is 10.3. The number of phenols is 1. The van der Waals surface area contributed by atoms with E-state index in [4.69, 9.17) is 11.6 Å². The molecule has 0 spiro atoms. The summed E-state index contributed by atoms with van der Waals surface area (Å²) in [7, 11) is 0. The van der Waals surface area contributed by atoms with Crippen LogP contribution in [-0.4, -0.2) is 23.1 Å². The lowest BCUT2D eigenvalue weighted by Crippen LogP contribution is -2.31. The van der Waals surface area contributed by atoms with E-state index in [9.17, 15) is 5.11 Å². The molecule has 0 saturated carbocycles. The van der Waals surface area contributed by atoms with Gasteiger partial charge in [-0.1, -0.05) is 80.0 Å². The zero-order valence-electron chi connectivity index (χ0n) is 18.4. The highest BCUT2D eigenvalue weighted by atomic mass is 35.5. The zero-order chi connectivity index (χ0) is 20.3. The summed E-state index contributed by atoms with van der Waals surface area (Å²) < 4.78 is 0. The molecule has 150 valence electrons. The van der Waals surface area contributed by atoms with E-state index in [0.29, 0.717) is 16.9 Å². The molecule has 1 aromatic rings. The third kappa shape index (κ3) is 7.48. The van der Waals surface area contributed by atoms with E-state index in [0.717, 1.165) is 31.6 Å². The average molecular weight is 382 g/mol. The maximum Gasteiger partial charge on any atom is 0.138 e. The second kappa shape index (κ2) is 8.97. The molecule has 0 heterocycles. The second-order valence-corrected chi connectivity index (χ2v) is 11.0. The van der Waals surface area contributed by atoms with Gasteiger partial charge in [0, 0.05) is 25.2 Å². The highest BCUT2D eigenvalue weighted by Gasteiger charge is 2.29. The highest BCUT2D eigenvalue weighted by molar-refractivity contribution is 6.32. The lowest BCUT2D eigenvalue weighted by molar-refractivity contribution is 0.209. The van der Waals surface area contributed by atoms with Gasteiger partial charge < -0.3 is 5.11 Å². The molecule has 0 aliphatic rings. The molecule has 0 aliphatic carbocycles. The Kier molecular flexibility index (Phi) is 8.04. The van der Waals surface area contributed by atoms with Crippen LogP contribution in [0.5, 0.6) is 5.75 Å². The standard InChI is InChI=1S/C23H40ClNO/c1-16(2)12-25(13-17(3)4)14-18-10-19(11-20(24)21(18)26)23(8,9)15-22(5,6)7/h10-11,16-17,26H,12-15H2,1-9H3. The van der Waals surface area contributed by atoms with Gasteiger partial charge in [0.05, 0.1) is 5.02 Å². The molecule has 1 rings (SSSR count). The molecule has 0 aromatic heterocycles. The Labute approximate surface area is 166 Å². The Balaban J connectivity index is 3.20. The smallest absolute Gasteiger partial charge is 0.138 e. The third-order valence-corrected chi connectivity index (χ3v) is 4.82. The van der Waals surface area contributed by atoms with Gasteiger partial charge in [0.1, 0.15) is 5.75 Å². The van der Waals surface area contributed by atoms with Crippen LogP contribution in [0.1, 0.15) is 79.9 Å². The molecule has 0 radical (unpaired) electrons. The number of halogens is 1. The Morgan fingerprint density at radius 3 is 1.88 bits per heavy atom. The molecule has 26 heavy (non-hydrogen) atoms. The quantitative estimate of drug-likeness (QED) is 0.530. The molecular weight excluding hydrogens is 342 g/mol. The lowest BCUT2D eigenvalue weighted by atomic mass is 9.72. The van der Waals surface area contributed by atoms with Gasteiger partial charge in [-0.15, -0.1) is 0 Å². The van der Waals surface area contributed by atoms with Crippen LogP contribution in [0.25, 0.3) is 0 Å². The van der Waals surface area contributed by atoms with Gasteiger partial charge in [0.2, 0.25) is 0 Å². The number of benzene rings is 1. The molecule has 0 atom stereocenters. The van der Waals surface area contributed by atoms with Crippen molar-refractivity contribution in [2.24, 2.45) is 17.3 Å². The predicted molar refractivity (Wildman–Crippen MR) is 115 cm³/mol. The fraction of sp³-hybridized carbons (Fsp3) is 0.739. The van der Waals surface area contributed by atoms with Crippen LogP contribution in [0.2, 0.25) is 5.02 Å². The van der Waals surface area contributed by atoms with E-state index in [1.807, 2.05) is 6.07 Å². The van der Waals surface area contributed by atoms with Crippen LogP contribution < -0.4 is 0 Å². The van der Waals surface area contributed by atoms with E-state index < -0.39 is 0 Å². The fourth-order valence-corrected chi connectivity index (χ4v) is 4.31. The lowest BCUT2D eigenvalue weighted by Gasteiger charge is -2.34. The molecule has 0 aliphatic heterocycles. The van der Waals surface area contributed by atoms with E-state index in [1.165, 1.54) is 5.56 Å². The number of rotatable bonds is 8. The third-order valence-electron chi connectivity index (χ3n) is 4.54. The van der Waals surface area contributed by atoms with Gasteiger partial charge >= 0.3 is 0 Å². The monoisotopic (exact) mass is 381 g/mol. The van der Waals surface area contributed by atoms with Gasteiger partial charge in [0.15, 0.2) is 0 Å². The van der Waals surface area contributed by atoms with Gasteiger partial charge in [-0.05, 0) is 40.7 Å². The maximum absolute atomic E-state index is 10.6. The van der Waals surface area contributed by atoms with E-state index in [2.05, 4.69) is 73.3 Å². The van der Waals surface area contributed by atoms with Crippen molar-refractivity contribution >= 4 is 11.6 Å². The van der Waals surface area contributed by atoms with E-state index >= 15 is 0 Å². The first-order chi connectivity index (χ1) is 11.7. The zero-order valence-corrected chi connectivity index (χ0v) is 19.2. The molecule has 3 heteroatoms. The molecule has 1 aromatic carbocycles. The van der Waals surface area contributed by atoms with Gasteiger partial charge in [-0.2, -0.15) is 0 Å². The van der Waals surface area contributed by atoms with Gasteiger partial charge in [-0.3, -0.25) is 4.90 Å². The summed E-state index contributed by atoms with van der Waals surface area (Å²) in [6, 6.07) is 4.11. The Morgan fingerprint density at radius 1 is 0.962 bits per heavy atom. The highest BCUT2D eigenvalue weighted by Crippen LogP contribution is 2.40. The summed E-state index contributed by atoms with van der Waals surface area (Å²) in [5.74, 6) is 1.42. The number of hydrogen-bond donors (Lipinski definition) is 1. The number of phenolic OH excluding ortho intramolecular Hbond substituents is 1. The van der Waals surface area contributed by atoms with E-state index in [1.54, 1.807) is 0 Å². The van der Waals surface area contributed by atoms with Crippen molar-refractivity contribution < 1.29 is 5.11 Å². The predicted octanol–water partition coefficient (Wildman–Crippen LogP) is 6.87. The molecular formula is C23H40ClNO. The Hall–Kier alpha value is -0.730. The van der Waals surface area contributed by atoms with Crippen LogP contribution in [0.15, 0.2) is 12.1 Å². The Bertz CT molecular complexity index is 575. The molecule has 2 nitrogen and oxygen atoms in total. The van der Waals surface area contributed by atoms with Crippen molar-refractivity contribution in [3.05, 3.63) is 28.3 Å². The summed E-state index contributed by atoms with van der Waals surface area (Å²) in [6.07, 6.45) is 1.06. The minimum absolute atomic E-state index is 0.00522. The summed E-state index contributed by atoms with van der Waals surface area (Å²) in [5.41, 5.74) is 2.38. The Morgan fingerprint density at radius 2 is 1.46 bits per heavy atom. The van der Waals surface area contributed by atoms with Crippen molar-refractivity contribution in [2.75, 3.05) is 13.1 Å². The van der Waals surface area contributed by atoms with Crippen molar-refractivity contribution in [1.29, 1.82) is 0 Å². The molecule has 0 bridgehead atoms. The average Bonchev–Trinajstić information content (AvgIpc) is 2.39. The van der Waals surface area contributed by atoms with Crippen molar-refractivity contribution in [2.45, 2.75) is 80.7 Å². The fourth-order valence-electron chi connectivity index (χ4n) is 4.07. The first-order valence-electron chi connectivity index (χ1n) is 9.95. The van der Waals surface area contributed by atoms with Crippen molar-refractivity contribution in [3.63, 3.8) is 0 Å². The minimum atomic E-state index is 0.00522. The van der Waals surface area contributed by atoms with Crippen LogP contribution in [0.4, 0.5) is 0 Å². The molecule has 0 amide bonds. The van der Waals surface area contributed by atoms with Gasteiger partial charge in [-0.25, -0.2) is 0 Å². The summed E-state index contributed by atoms with van der Waals surface area (Å²) in [4.78, 5) is 2.43. The molecule has 1 N–H and O–H groups in total. The summed E-state index contributed by atoms with van der Waals surface area (Å²) in [6.45, 7) is 23.1. The van der Waals surface area contributed by atoms with Crippen LogP contribution in [0, 0.1) is 17.3 Å². The summed E-state index contributed by atoms with van der Waals surface area (Å²) >= 11 is 6.42.